The Morgan fingerprint density at radius 3 is 2.24 bits per heavy atom. The van der Waals surface area contributed by atoms with E-state index in [1.807, 2.05) is 0 Å². The zero-order valence-electron chi connectivity index (χ0n) is 29.0. The van der Waals surface area contributed by atoms with Gasteiger partial charge in [0.2, 0.25) is 0 Å². The number of nitrogens with zero attached hydrogens (tertiary/aromatic N) is 4. The molecule has 5 aromatic carbocycles. The average Bonchev–Trinajstić information content (AvgIpc) is 3.69. The Kier molecular flexibility index (Phi) is 6.32. The highest BCUT2D eigenvalue weighted by Gasteiger charge is 2.36. The first kappa shape index (κ1) is 29.6. The first-order valence-corrected chi connectivity index (χ1v) is 17.1. The minimum Gasteiger partial charge on any atom is -0.457 e. The maximum absolute atomic E-state index is 6.80. The first-order chi connectivity index (χ1) is 23.6. The highest BCUT2D eigenvalue weighted by molar-refractivity contribution is 6.09. The van der Waals surface area contributed by atoms with Gasteiger partial charge < -0.3 is 14.5 Å². The van der Waals surface area contributed by atoms with E-state index in [2.05, 4.69) is 177 Å². The first-order valence-electron chi connectivity index (χ1n) is 17.1. The Hall–Kier alpha value is -5.55. The van der Waals surface area contributed by atoms with Crippen LogP contribution in [0.15, 0.2) is 121 Å². The molecule has 242 valence electrons. The monoisotopic (exact) mass is 640 g/mol. The largest absolute Gasteiger partial charge is 0.457 e. The van der Waals surface area contributed by atoms with Crippen LogP contribution in [-0.4, -0.2) is 23.3 Å². The lowest BCUT2D eigenvalue weighted by atomic mass is 9.83. The lowest BCUT2D eigenvalue weighted by molar-refractivity contribution is 0.479. The lowest BCUT2D eigenvalue weighted by Crippen LogP contribution is -2.24. The van der Waals surface area contributed by atoms with E-state index in [-0.39, 0.29) is 10.8 Å². The Balaban J connectivity index is 1.17. The van der Waals surface area contributed by atoms with Crippen LogP contribution in [0.3, 0.4) is 0 Å². The highest BCUT2D eigenvalue weighted by Crippen LogP contribution is 2.49. The summed E-state index contributed by atoms with van der Waals surface area (Å²) in [6.07, 6.45) is 2.06. The van der Waals surface area contributed by atoms with Gasteiger partial charge in [-0.3, -0.25) is 4.57 Å². The van der Waals surface area contributed by atoms with Gasteiger partial charge in [0.25, 0.3) is 0 Å². The molecule has 9 rings (SSSR count). The second-order valence-corrected chi connectivity index (χ2v) is 15.1. The third-order valence-corrected chi connectivity index (χ3v) is 10.6. The molecule has 5 heteroatoms. The summed E-state index contributed by atoms with van der Waals surface area (Å²) < 4.78 is 9.10. The van der Waals surface area contributed by atoms with Crippen LogP contribution in [0.25, 0.3) is 38.8 Å². The van der Waals surface area contributed by atoms with E-state index in [1.165, 1.54) is 50.0 Å². The molecule has 0 radical (unpaired) electrons. The molecule has 0 bridgehead atoms. The Labute approximate surface area is 288 Å². The highest BCUT2D eigenvalue weighted by atomic mass is 16.5. The molecular weight excluding hydrogens is 601 g/mol. The fourth-order valence-electron chi connectivity index (χ4n) is 7.93. The van der Waals surface area contributed by atoms with Crippen molar-refractivity contribution in [3.63, 3.8) is 0 Å². The fourth-order valence-corrected chi connectivity index (χ4v) is 7.93. The summed E-state index contributed by atoms with van der Waals surface area (Å²) in [5.41, 5.74) is 12.0. The van der Waals surface area contributed by atoms with Crippen molar-refractivity contribution in [3.8, 4) is 28.4 Å². The fraction of sp³-hybridized carbons (Fsp3) is 0.205. The van der Waals surface area contributed by atoms with E-state index in [9.17, 15) is 0 Å². The normalized spacial score (nSPS) is 14.7. The molecule has 1 aliphatic heterocycles. The summed E-state index contributed by atoms with van der Waals surface area (Å²) in [6, 6.07) is 41.4. The minimum absolute atomic E-state index is 0.0533. The number of anilines is 3. The van der Waals surface area contributed by atoms with Crippen LogP contribution < -0.4 is 14.5 Å². The molecule has 7 aromatic rings. The second-order valence-electron chi connectivity index (χ2n) is 15.1. The number of benzene rings is 5. The number of pyridine rings is 1. The Morgan fingerprint density at radius 1 is 0.673 bits per heavy atom. The SMILES string of the molecule is CN1CN(c2cc(Oc3ccc4c5ccccc5n(-c5cc6c(cn5)-c5ccccc5C6(C)C)c4c3)cc(C(C)(C)C)c2)c2ccccc21. The van der Waals surface area contributed by atoms with Crippen molar-refractivity contribution in [2.75, 3.05) is 23.5 Å². The van der Waals surface area contributed by atoms with Crippen molar-refractivity contribution in [3.05, 3.63) is 138 Å². The molecule has 0 N–H and O–H groups in total. The van der Waals surface area contributed by atoms with E-state index in [0.29, 0.717) is 0 Å². The number of para-hydroxylation sites is 3. The number of hydrogen-bond donors (Lipinski definition) is 0. The van der Waals surface area contributed by atoms with Crippen LogP contribution in [0.1, 0.15) is 51.3 Å². The van der Waals surface area contributed by atoms with Crippen LogP contribution in [0.4, 0.5) is 17.1 Å². The number of fused-ring (bicyclic) bond motifs is 7. The number of ether oxygens (including phenoxy) is 1. The lowest BCUT2D eigenvalue weighted by Gasteiger charge is -2.25. The van der Waals surface area contributed by atoms with Crippen LogP contribution in [-0.2, 0) is 10.8 Å². The summed E-state index contributed by atoms with van der Waals surface area (Å²) >= 11 is 0. The number of rotatable bonds is 4. The topological polar surface area (TPSA) is 33.5 Å². The van der Waals surface area contributed by atoms with Crippen molar-refractivity contribution in [2.24, 2.45) is 0 Å². The van der Waals surface area contributed by atoms with Crippen molar-refractivity contribution < 1.29 is 4.74 Å². The van der Waals surface area contributed by atoms with Gasteiger partial charge in [-0.1, -0.05) is 89.2 Å². The second kappa shape index (κ2) is 10.5. The molecule has 0 fully saturated rings. The maximum atomic E-state index is 6.80. The van der Waals surface area contributed by atoms with Crippen molar-refractivity contribution in [1.82, 2.24) is 9.55 Å². The van der Waals surface area contributed by atoms with E-state index < -0.39 is 0 Å². The standard InChI is InChI=1S/C44H40N4O/c1-43(2,3)28-21-29(47-27-46(6)39-17-11-12-18-40(39)47)23-31(22-28)49-30-19-20-34-33-14-8-10-16-38(33)48(41(34)24-30)42-25-37-35(26-45-42)32-13-7-9-15-36(32)44(37,4)5/h7-26H,27H2,1-6H3. The van der Waals surface area contributed by atoms with Gasteiger partial charge in [-0.2, -0.15) is 0 Å². The molecule has 0 saturated heterocycles. The van der Waals surface area contributed by atoms with Gasteiger partial charge in [0.05, 0.1) is 29.1 Å². The molecule has 49 heavy (non-hydrogen) atoms. The van der Waals surface area contributed by atoms with E-state index >= 15 is 0 Å². The van der Waals surface area contributed by atoms with E-state index in [1.54, 1.807) is 0 Å². The zero-order valence-corrected chi connectivity index (χ0v) is 29.0. The quantitative estimate of drug-likeness (QED) is 0.192. The molecule has 0 amide bonds. The molecule has 3 heterocycles. The maximum Gasteiger partial charge on any atom is 0.137 e. The van der Waals surface area contributed by atoms with Gasteiger partial charge in [0.1, 0.15) is 17.3 Å². The van der Waals surface area contributed by atoms with Crippen molar-refractivity contribution in [1.29, 1.82) is 0 Å². The molecule has 0 spiro atoms. The summed E-state index contributed by atoms with van der Waals surface area (Å²) in [5, 5.41) is 2.37. The number of aromatic nitrogens is 2. The predicted molar refractivity (Wildman–Crippen MR) is 203 cm³/mol. The van der Waals surface area contributed by atoms with Crippen LogP contribution in [0.2, 0.25) is 0 Å². The third-order valence-electron chi connectivity index (χ3n) is 10.6. The number of hydrogen-bond acceptors (Lipinski definition) is 4. The zero-order chi connectivity index (χ0) is 33.7. The van der Waals surface area contributed by atoms with Gasteiger partial charge in [-0.05, 0) is 76.2 Å². The summed E-state index contributed by atoms with van der Waals surface area (Å²) in [6.45, 7) is 12.2. The van der Waals surface area contributed by atoms with Gasteiger partial charge in [0.15, 0.2) is 0 Å². The predicted octanol–water partition coefficient (Wildman–Crippen LogP) is 11.1. The summed E-state index contributed by atoms with van der Waals surface area (Å²) in [5.74, 6) is 2.53. The van der Waals surface area contributed by atoms with Crippen LogP contribution in [0.5, 0.6) is 11.5 Å². The average molecular weight is 641 g/mol. The molecule has 0 saturated carbocycles. The Morgan fingerprint density at radius 2 is 1.41 bits per heavy atom. The molecular formula is C44H40N4O. The van der Waals surface area contributed by atoms with Gasteiger partial charge >= 0.3 is 0 Å². The molecule has 2 aromatic heterocycles. The molecule has 2 aliphatic rings. The smallest absolute Gasteiger partial charge is 0.137 e. The van der Waals surface area contributed by atoms with Crippen molar-refractivity contribution in [2.45, 2.75) is 45.4 Å². The minimum atomic E-state index is -0.114. The summed E-state index contributed by atoms with van der Waals surface area (Å²) in [4.78, 5) is 9.77. The molecule has 5 nitrogen and oxygen atoms in total. The summed E-state index contributed by atoms with van der Waals surface area (Å²) in [7, 11) is 2.15. The molecule has 0 atom stereocenters. The van der Waals surface area contributed by atoms with Crippen LogP contribution in [0, 0.1) is 0 Å². The Bertz CT molecular complexity index is 2450. The molecule has 1 aliphatic carbocycles. The van der Waals surface area contributed by atoms with Gasteiger partial charge in [-0.25, -0.2) is 4.98 Å². The van der Waals surface area contributed by atoms with Gasteiger partial charge in [0, 0.05) is 52.8 Å². The van der Waals surface area contributed by atoms with Crippen molar-refractivity contribution >= 4 is 38.9 Å². The van der Waals surface area contributed by atoms with E-state index in [4.69, 9.17) is 9.72 Å². The van der Waals surface area contributed by atoms with E-state index in [0.717, 1.165) is 40.7 Å². The van der Waals surface area contributed by atoms with Crippen LogP contribution >= 0.6 is 0 Å². The molecule has 0 unspecified atom stereocenters. The van der Waals surface area contributed by atoms with Gasteiger partial charge in [-0.15, -0.1) is 0 Å². The third kappa shape index (κ3) is 4.56.